The summed E-state index contributed by atoms with van der Waals surface area (Å²) in [7, 11) is 0. The summed E-state index contributed by atoms with van der Waals surface area (Å²) in [4.78, 5) is 28.0. The first-order chi connectivity index (χ1) is 13.1. The van der Waals surface area contributed by atoms with E-state index in [9.17, 15) is 9.59 Å². The zero-order valence-corrected chi connectivity index (χ0v) is 16.2. The van der Waals surface area contributed by atoms with Gasteiger partial charge in [0.05, 0.1) is 0 Å². The minimum atomic E-state index is -0.204. The van der Waals surface area contributed by atoms with Crippen LogP contribution in [0.1, 0.15) is 32.6 Å². The predicted octanol–water partition coefficient (Wildman–Crippen LogP) is 2.85. The minimum Gasteiger partial charge on any atom is -0.338 e. The van der Waals surface area contributed by atoms with E-state index in [0.29, 0.717) is 25.3 Å². The van der Waals surface area contributed by atoms with Gasteiger partial charge < -0.3 is 20.9 Å². The third-order valence-electron chi connectivity index (χ3n) is 5.34. The number of rotatable bonds is 7. The minimum absolute atomic E-state index is 0.0974. The number of nitrogens with one attached hydrogen (secondary N) is 3. The second-order valence-electron chi connectivity index (χ2n) is 7.55. The van der Waals surface area contributed by atoms with Gasteiger partial charge in [0.1, 0.15) is 0 Å². The maximum atomic E-state index is 12.1. The number of piperidine rings is 1. The van der Waals surface area contributed by atoms with Crippen molar-refractivity contribution in [2.45, 2.75) is 32.6 Å². The lowest BCUT2D eigenvalue weighted by Gasteiger charge is -2.30. The Labute approximate surface area is 161 Å². The number of anilines is 2. The number of hydrogen-bond donors (Lipinski definition) is 3. The molecule has 27 heavy (non-hydrogen) atoms. The molecule has 0 spiro atoms. The molecular weight excluding hydrogens is 342 g/mol. The lowest BCUT2D eigenvalue weighted by atomic mass is 9.99. The van der Waals surface area contributed by atoms with Crippen molar-refractivity contribution < 1.29 is 9.59 Å². The first-order valence-corrected chi connectivity index (χ1v) is 10.0. The average Bonchev–Trinajstić information content (AvgIpc) is 3.09. The molecule has 2 heterocycles. The fourth-order valence-corrected chi connectivity index (χ4v) is 3.59. The molecule has 4 amide bonds. The molecule has 1 aromatic rings. The molecule has 3 rings (SSSR count). The molecular formula is C20H31N5O2. The predicted molar refractivity (Wildman–Crippen MR) is 108 cm³/mol. The van der Waals surface area contributed by atoms with E-state index >= 15 is 0 Å². The maximum Gasteiger partial charge on any atom is 0.321 e. The Balaban J connectivity index is 1.34. The van der Waals surface area contributed by atoms with Gasteiger partial charge in [0.2, 0.25) is 0 Å². The molecule has 0 atom stereocenters. The number of hydrogen-bond acceptors (Lipinski definition) is 3. The van der Waals surface area contributed by atoms with Crippen molar-refractivity contribution in [3.05, 3.63) is 24.3 Å². The van der Waals surface area contributed by atoms with Gasteiger partial charge in [-0.2, -0.15) is 0 Å². The molecule has 0 radical (unpaired) electrons. The number of carbonyl (C=O) groups is 2. The molecule has 0 aliphatic carbocycles. The molecule has 7 heteroatoms. The molecule has 0 aromatic heterocycles. The monoisotopic (exact) mass is 373 g/mol. The lowest BCUT2D eigenvalue weighted by molar-refractivity contribution is 0.189. The summed E-state index contributed by atoms with van der Waals surface area (Å²) in [5.74, 6) is 0.866. The van der Waals surface area contributed by atoms with Crippen LogP contribution in [0.25, 0.3) is 0 Å². The summed E-state index contributed by atoms with van der Waals surface area (Å²) in [5.41, 5.74) is 1.48. The third-order valence-corrected chi connectivity index (χ3v) is 5.34. The highest BCUT2D eigenvalue weighted by atomic mass is 16.2. The maximum absolute atomic E-state index is 12.1. The van der Waals surface area contributed by atoms with Crippen molar-refractivity contribution in [1.82, 2.24) is 15.5 Å². The summed E-state index contributed by atoms with van der Waals surface area (Å²) in [5, 5.41) is 8.54. The van der Waals surface area contributed by atoms with Crippen molar-refractivity contribution in [2.75, 3.05) is 49.5 Å². The number of likely N-dealkylation sites (tertiary alicyclic amines) is 1. The standard InChI is InChI=1S/C20H31N5O2/c1-16-7-12-24(13-8-16)11-3-2-9-21-19(26)23-17-5-4-6-18(15-17)25-14-10-22-20(25)27/h4-6,15-16H,2-3,7-14H2,1H3,(H,22,27)(H2,21,23,26). The smallest absolute Gasteiger partial charge is 0.321 e. The van der Waals surface area contributed by atoms with E-state index in [1.807, 2.05) is 24.3 Å². The topological polar surface area (TPSA) is 76.7 Å². The number of unbranched alkanes of at least 4 members (excludes halogenated alkanes) is 1. The second kappa shape index (κ2) is 9.60. The van der Waals surface area contributed by atoms with Crippen molar-refractivity contribution >= 4 is 23.4 Å². The van der Waals surface area contributed by atoms with Gasteiger partial charge in [0, 0.05) is 31.0 Å². The quantitative estimate of drug-likeness (QED) is 0.643. The van der Waals surface area contributed by atoms with Crippen LogP contribution >= 0.6 is 0 Å². The Morgan fingerprint density at radius 3 is 2.78 bits per heavy atom. The zero-order chi connectivity index (χ0) is 19.1. The molecule has 0 unspecified atom stereocenters. The molecule has 2 saturated heterocycles. The van der Waals surface area contributed by atoms with Crippen molar-refractivity contribution in [2.24, 2.45) is 5.92 Å². The Kier molecular flexibility index (Phi) is 6.92. The van der Waals surface area contributed by atoms with Crippen LogP contribution in [0.15, 0.2) is 24.3 Å². The molecule has 0 bridgehead atoms. The zero-order valence-electron chi connectivity index (χ0n) is 16.2. The summed E-state index contributed by atoms with van der Waals surface area (Å²) >= 11 is 0. The highest BCUT2D eigenvalue weighted by Crippen LogP contribution is 2.21. The SMILES string of the molecule is CC1CCN(CCCCNC(=O)Nc2cccc(N3CCNC3=O)c2)CC1. The van der Waals surface area contributed by atoms with Crippen LogP contribution in [0.5, 0.6) is 0 Å². The summed E-state index contributed by atoms with van der Waals surface area (Å²) in [6.07, 6.45) is 4.69. The highest BCUT2D eigenvalue weighted by Gasteiger charge is 2.21. The van der Waals surface area contributed by atoms with Gasteiger partial charge in [-0.25, -0.2) is 9.59 Å². The van der Waals surface area contributed by atoms with E-state index in [1.54, 1.807) is 4.90 Å². The Morgan fingerprint density at radius 1 is 1.22 bits per heavy atom. The van der Waals surface area contributed by atoms with E-state index in [-0.39, 0.29) is 12.1 Å². The molecule has 1 aromatic carbocycles. The van der Waals surface area contributed by atoms with Gasteiger partial charge in [-0.05, 0) is 69.4 Å². The molecule has 2 aliphatic heterocycles. The van der Waals surface area contributed by atoms with Crippen LogP contribution in [0.2, 0.25) is 0 Å². The first kappa shape index (κ1) is 19.5. The molecule has 2 aliphatic rings. The van der Waals surface area contributed by atoms with Gasteiger partial charge in [0.15, 0.2) is 0 Å². The van der Waals surface area contributed by atoms with Crippen molar-refractivity contribution in [3.8, 4) is 0 Å². The van der Waals surface area contributed by atoms with Gasteiger partial charge in [0.25, 0.3) is 0 Å². The fraction of sp³-hybridized carbons (Fsp3) is 0.600. The van der Waals surface area contributed by atoms with Crippen LogP contribution in [-0.4, -0.2) is 56.2 Å². The van der Waals surface area contributed by atoms with Gasteiger partial charge >= 0.3 is 12.1 Å². The summed E-state index contributed by atoms with van der Waals surface area (Å²) in [6, 6.07) is 7.06. The Morgan fingerprint density at radius 2 is 2.04 bits per heavy atom. The van der Waals surface area contributed by atoms with E-state index < -0.39 is 0 Å². The second-order valence-corrected chi connectivity index (χ2v) is 7.55. The first-order valence-electron chi connectivity index (χ1n) is 10.0. The van der Waals surface area contributed by atoms with E-state index in [4.69, 9.17) is 0 Å². The largest absolute Gasteiger partial charge is 0.338 e. The van der Waals surface area contributed by atoms with Crippen molar-refractivity contribution in [1.29, 1.82) is 0 Å². The fourth-order valence-electron chi connectivity index (χ4n) is 3.59. The average molecular weight is 374 g/mol. The number of benzene rings is 1. The number of urea groups is 2. The summed E-state index contributed by atoms with van der Waals surface area (Å²) < 4.78 is 0. The highest BCUT2D eigenvalue weighted by molar-refractivity contribution is 5.95. The third kappa shape index (κ3) is 5.85. The molecule has 148 valence electrons. The molecule has 2 fully saturated rings. The number of amides is 4. The van der Waals surface area contributed by atoms with Crippen LogP contribution in [-0.2, 0) is 0 Å². The Hall–Kier alpha value is -2.28. The van der Waals surface area contributed by atoms with Crippen LogP contribution in [0.3, 0.4) is 0 Å². The normalized spacial score (nSPS) is 18.4. The molecule has 7 nitrogen and oxygen atoms in total. The number of nitrogens with zero attached hydrogens (tertiary/aromatic N) is 2. The van der Waals surface area contributed by atoms with Gasteiger partial charge in [-0.3, -0.25) is 4.90 Å². The molecule has 3 N–H and O–H groups in total. The van der Waals surface area contributed by atoms with E-state index in [1.165, 1.54) is 25.9 Å². The van der Waals surface area contributed by atoms with Crippen LogP contribution in [0.4, 0.5) is 21.0 Å². The van der Waals surface area contributed by atoms with Crippen LogP contribution in [0, 0.1) is 5.92 Å². The lowest BCUT2D eigenvalue weighted by Crippen LogP contribution is -2.34. The molecule has 0 saturated carbocycles. The van der Waals surface area contributed by atoms with Crippen LogP contribution < -0.4 is 20.9 Å². The van der Waals surface area contributed by atoms with Gasteiger partial charge in [-0.15, -0.1) is 0 Å². The summed E-state index contributed by atoms with van der Waals surface area (Å²) in [6.45, 7) is 7.83. The van der Waals surface area contributed by atoms with E-state index in [2.05, 4.69) is 27.8 Å². The van der Waals surface area contributed by atoms with Crippen molar-refractivity contribution in [3.63, 3.8) is 0 Å². The Bertz CT molecular complexity index is 643. The van der Waals surface area contributed by atoms with Gasteiger partial charge in [-0.1, -0.05) is 13.0 Å². The van der Waals surface area contributed by atoms with E-state index in [0.717, 1.165) is 31.0 Å². The number of carbonyl (C=O) groups excluding carboxylic acids is 2.